The van der Waals surface area contributed by atoms with Crippen LogP contribution in [0.1, 0.15) is 25.7 Å². The first kappa shape index (κ1) is 14.3. The number of halogens is 1. The minimum Gasteiger partial charge on any atom is -0.495 e. The summed E-state index contributed by atoms with van der Waals surface area (Å²) in [6, 6.07) is 5.68. The van der Waals surface area contributed by atoms with Gasteiger partial charge in [0, 0.05) is 24.2 Å². The maximum absolute atomic E-state index is 12.0. The van der Waals surface area contributed by atoms with E-state index in [0.717, 1.165) is 29.4 Å². The van der Waals surface area contributed by atoms with Crippen molar-refractivity contribution in [2.45, 2.75) is 31.7 Å². The lowest BCUT2D eigenvalue weighted by Crippen LogP contribution is -2.28. The highest BCUT2D eigenvalue weighted by atomic mass is 79.9. The summed E-state index contributed by atoms with van der Waals surface area (Å²) >= 11 is 3.38. The zero-order valence-electron chi connectivity index (χ0n) is 11.0. The number of nitrogens with two attached hydrogens (primary N) is 1. The van der Waals surface area contributed by atoms with Gasteiger partial charge in [0.25, 0.3) is 0 Å². The van der Waals surface area contributed by atoms with E-state index in [1.54, 1.807) is 13.2 Å². The number of carbonyl (C=O) groups is 1. The summed E-state index contributed by atoms with van der Waals surface area (Å²) in [6.07, 6.45) is 3.72. The minimum atomic E-state index is 0.0201. The van der Waals surface area contributed by atoms with Crippen molar-refractivity contribution in [2.24, 2.45) is 11.7 Å². The van der Waals surface area contributed by atoms with E-state index in [4.69, 9.17) is 10.5 Å². The largest absolute Gasteiger partial charge is 0.495 e. The lowest BCUT2D eigenvalue weighted by Gasteiger charge is -2.15. The van der Waals surface area contributed by atoms with Crippen LogP contribution < -0.4 is 15.8 Å². The van der Waals surface area contributed by atoms with Gasteiger partial charge in [-0.3, -0.25) is 4.79 Å². The molecule has 0 spiro atoms. The number of carbonyl (C=O) groups excluding carboxylic acids is 1. The Bertz CT molecular complexity index is 465. The van der Waals surface area contributed by atoms with Crippen LogP contribution in [0, 0.1) is 5.92 Å². The zero-order chi connectivity index (χ0) is 13.8. The first-order chi connectivity index (χ1) is 9.10. The van der Waals surface area contributed by atoms with E-state index in [0.29, 0.717) is 18.1 Å². The molecule has 5 heteroatoms. The number of amides is 1. The molecule has 1 aliphatic rings. The topological polar surface area (TPSA) is 64.3 Å². The Balaban J connectivity index is 1.95. The summed E-state index contributed by atoms with van der Waals surface area (Å²) in [5.74, 6) is 1.04. The first-order valence-corrected chi connectivity index (χ1v) is 7.28. The Morgan fingerprint density at radius 1 is 1.53 bits per heavy atom. The summed E-state index contributed by atoms with van der Waals surface area (Å²) in [5, 5.41) is 2.90. The van der Waals surface area contributed by atoms with Crippen LogP contribution in [-0.4, -0.2) is 19.1 Å². The third-order valence-corrected chi connectivity index (χ3v) is 4.26. The van der Waals surface area contributed by atoms with Crippen LogP contribution in [-0.2, 0) is 4.79 Å². The van der Waals surface area contributed by atoms with Gasteiger partial charge >= 0.3 is 0 Å². The molecule has 0 aliphatic heterocycles. The monoisotopic (exact) mass is 326 g/mol. The Hall–Kier alpha value is -1.07. The van der Waals surface area contributed by atoms with E-state index in [-0.39, 0.29) is 11.9 Å². The maximum Gasteiger partial charge on any atom is 0.224 e. The normalized spacial score (nSPS) is 22.3. The van der Waals surface area contributed by atoms with Crippen molar-refractivity contribution in [3.63, 3.8) is 0 Å². The van der Waals surface area contributed by atoms with Crippen LogP contribution in [0.3, 0.4) is 0 Å². The number of ether oxygens (including phenoxy) is 1. The third kappa shape index (κ3) is 3.70. The van der Waals surface area contributed by atoms with Crippen molar-refractivity contribution in [1.29, 1.82) is 0 Å². The fourth-order valence-electron chi connectivity index (χ4n) is 2.51. The van der Waals surface area contributed by atoms with Gasteiger partial charge in [0.1, 0.15) is 5.75 Å². The summed E-state index contributed by atoms with van der Waals surface area (Å²) in [4.78, 5) is 12.0. The standard InChI is InChI=1S/C14H19BrN2O2/c1-19-13-8-10(5-6-11(13)15)17-14(18)7-9-3-2-4-12(9)16/h5-6,8-9,12H,2-4,7,16H2,1H3,(H,17,18)/t9-,12+/m0/s1. The highest BCUT2D eigenvalue weighted by Crippen LogP contribution is 2.29. The average Bonchev–Trinajstić information content (AvgIpc) is 2.77. The molecule has 2 atom stereocenters. The van der Waals surface area contributed by atoms with Crippen LogP contribution in [0.2, 0.25) is 0 Å². The minimum absolute atomic E-state index is 0.0201. The number of anilines is 1. The highest BCUT2D eigenvalue weighted by molar-refractivity contribution is 9.10. The van der Waals surface area contributed by atoms with Crippen LogP contribution in [0.4, 0.5) is 5.69 Å². The molecule has 1 aromatic carbocycles. The van der Waals surface area contributed by atoms with Crippen molar-refractivity contribution < 1.29 is 9.53 Å². The fraction of sp³-hybridized carbons (Fsp3) is 0.500. The van der Waals surface area contributed by atoms with E-state index in [9.17, 15) is 4.79 Å². The van der Waals surface area contributed by atoms with Crippen LogP contribution in [0.5, 0.6) is 5.75 Å². The van der Waals surface area contributed by atoms with Gasteiger partial charge in [-0.25, -0.2) is 0 Å². The molecular weight excluding hydrogens is 308 g/mol. The number of methoxy groups -OCH3 is 1. The first-order valence-electron chi connectivity index (χ1n) is 6.49. The van der Waals surface area contributed by atoms with Crippen molar-refractivity contribution in [3.05, 3.63) is 22.7 Å². The molecular formula is C14H19BrN2O2. The van der Waals surface area contributed by atoms with Gasteiger partial charge in [-0.15, -0.1) is 0 Å². The van der Waals surface area contributed by atoms with Gasteiger partial charge in [0.2, 0.25) is 5.91 Å². The fourth-order valence-corrected chi connectivity index (χ4v) is 2.92. The predicted molar refractivity (Wildman–Crippen MR) is 79.3 cm³/mol. The Labute approximate surface area is 121 Å². The van der Waals surface area contributed by atoms with Gasteiger partial charge in [0.15, 0.2) is 0 Å². The molecule has 1 fully saturated rings. The summed E-state index contributed by atoms with van der Waals surface area (Å²) < 4.78 is 6.07. The number of hydrogen-bond acceptors (Lipinski definition) is 3. The maximum atomic E-state index is 12.0. The van der Waals surface area contributed by atoms with Crippen molar-refractivity contribution >= 4 is 27.5 Å². The second kappa shape index (κ2) is 6.39. The summed E-state index contributed by atoms with van der Waals surface area (Å²) in [7, 11) is 1.60. The zero-order valence-corrected chi connectivity index (χ0v) is 12.6. The van der Waals surface area contributed by atoms with Crippen molar-refractivity contribution in [1.82, 2.24) is 0 Å². The second-order valence-electron chi connectivity index (χ2n) is 4.96. The Morgan fingerprint density at radius 2 is 2.32 bits per heavy atom. The third-order valence-electron chi connectivity index (χ3n) is 3.60. The van der Waals surface area contributed by atoms with Crippen molar-refractivity contribution in [3.8, 4) is 5.75 Å². The summed E-state index contributed by atoms with van der Waals surface area (Å²) in [6.45, 7) is 0. The number of benzene rings is 1. The molecule has 0 saturated heterocycles. The molecule has 0 radical (unpaired) electrons. The van der Waals surface area contributed by atoms with Crippen LogP contribution in [0.25, 0.3) is 0 Å². The SMILES string of the molecule is COc1cc(NC(=O)C[C@@H]2CCC[C@H]2N)ccc1Br. The molecule has 19 heavy (non-hydrogen) atoms. The van der Waals surface area contributed by atoms with Gasteiger partial charge < -0.3 is 15.8 Å². The molecule has 0 bridgehead atoms. The molecule has 1 saturated carbocycles. The smallest absolute Gasteiger partial charge is 0.224 e. The number of nitrogens with one attached hydrogen (secondary N) is 1. The quantitative estimate of drug-likeness (QED) is 0.894. The van der Waals surface area contributed by atoms with Gasteiger partial charge in [-0.1, -0.05) is 6.42 Å². The molecule has 1 aliphatic carbocycles. The average molecular weight is 327 g/mol. The molecule has 4 nitrogen and oxygen atoms in total. The van der Waals surface area contributed by atoms with Crippen LogP contribution in [0.15, 0.2) is 22.7 Å². The number of hydrogen-bond donors (Lipinski definition) is 2. The molecule has 104 valence electrons. The lowest BCUT2D eigenvalue weighted by molar-refractivity contribution is -0.117. The van der Waals surface area contributed by atoms with E-state index in [1.165, 1.54) is 0 Å². The van der Waals surface area contributed by atoms with Crippen LogP contribution >= 0.6 is 15.9 Å². The Morgan fingerprint density at radius 3 is 2.95 bits per heavy atom. The van der Waals surface area contributed by atoms with Gasteiger partial charge in [0.05, 0.1) is 11.6 Å². The highest BCUT2D eigenvalue weighted by Gasteiger charge is 2.26. The van der Waals surface area contributed by atoms with E-state index in [1.807, 2.05) is 12.1 Å². The molecule has 1 aromatic rings. The molecule has 2 rings (SSSR count). The molecule has 0 heterocycles. The Kier molecular flexibility index (Phi) is 4.82. The molecule has 1 amide bonds. The molecule has 3 N–H and O–H groups in total. The number of rotatable bonds is 4. The van der Waals surface area contributed by atoms with E-state index < -0.39 is 0 Å². The summed E-state index contributed by atoms with van der Waals surface area (Å²) in [5.41, 5.74) is 6.73. The lowest BCUT2D eigenvalue weighted by atomic mass is 10.00. The van der Waals surface area contributed by atoms with Gasteiger partial charge in [-0.2, -0.15) is 0 Å². The van der Waals surface area contributed by atoms with Gasteiger partial charge in [-0.05, 0) is 46.8 Å². The van der Waals surface area contributed by atoms with Crippen molar-refractivity contribution in [2.75, 3.05) is 12.4 Å². The van der Waals surface area contributed by atoms with E-state index >= 15 is 0 Å². The predicted octanol–water partition coefficient (Wildman–Crippen LogP) is 2.91. The molecule has 0 unspecified atom stereocenters. The second-order valence-corrected chi connectivity index (χ2v) is 5.81. The molecule has 0 aromatic heterocycles. The van der Waals surface area contributed by atoms with E-state index in [2.05, 4.69) is 21.2 Å².